The Bertz CT molecular complexity index is 813. The Morgan fingerprint density at radius 3 is 2.75 bits per heavy atom. The number of thioether (sulfide) groups is 1. The molecule has 1 aliphatic heterocycles. The Balaban J connectivity index is 1.56. The van der Waals surface area contributed by atoms with Gasteiger partial charge in [0.2, 0.25) is 11.8 Å². The topological polar surface area (TPSA) is 82.9 Å². The number of hydrogen-bond donors (Lipinski definition) is 2. The van der Waals surface area contributed by atoms with Gasteiger partial charge < -0.3 is 10.6 Å². The summed E-state index contributed by atoms with van der Waals surface area (Å²) >= 11 is 1.28. The first kappa shape index (κ1) is 20.6. The number of anilines is 1. The average molecular weight is 401 g/mol. The fourth-order valence-corrected chi connectivity index (χ4v) is 4.47. The summed E-state index contributed by atoms with van der Waals surface area (Å²) in [7, 11) is 0. The maximum atomic E-state index is 12.4. The van der Waals surface area contributed by atoms with Crippen LogP contribution < -0.4 is 10.6 Å². The van der Waals surface area contributed by atoms with Crippen LogP contribution in [0.2, 0.25) is 0 Å². The highest BCUT2D eigenvalue weighted by Gasteiger charge is 2.32. The van der Waals surface area contributed by atoms with E-state index in [9.17, 15) is 9.59 Å². The van der Waals surface area contributed by atoms with Crippen molar-refractivity contribution in [2.24, 2.45) is 16.1 Å². The van der Waals surface area contributed by atoms with Crippen molar-refractivity contribution >= 4 is 40.1 Å². The van der Waals surface area contributed by atoms with Crippen LogP contribution in [0.4, 0.5) is 5.69 Å². The van der Waals surface area contributed by atoms with Crippen LogP contribution in [-0.2, 0) is 9.59 Å². The first-order valence-electron chi connectivity index (χ1n) is 9.89. The minimum atomic E-state index is -0.478. The highest BCUT2D eigenvalue weighted by molar-refractivity contribution is 8.15. The first-order chi connectivity index (χ1) is 13.4. The molecule has 28 heavy (non-hydrogen) atoms. The molecule has 0 aromatic heterocycles. The van der Waals surface area contributed by atoms with Crippen molar-refractivity contribution in [2.75, 3.05) is 5.32 Å². The van der Waals surface area contributed by atoms with Crippen LogP contribution in [-0.4, -0.2) is 27.9 Å². The number of hydrogen-bond acceptors (Lipinski definition) is 5. The molecule has 1 atom stereocenters. The van der Waals surface area contributed by atoms with E-state index in [-0.39, 0.29) is 18.2 Å². The zero-order valence-electron chi connectivity index (χ0n) is 16.7. The molecule has 0 bridgehead atoms. The van der Waals surface area contributed by atoms with Gasteiger partial charge in [-0.05, 0) is 56.7 Å². The zero-order valence-corrected chi connectivity index (χ0v) is 17.6. The summed E-state index contributed by atoms with van der Waals surface area (Å²) in [5.74, 6) is 0.134. The molecule has 7 heteroatoms. The van der Waals surface area contributed by atoms with Crippen molar-refractivity contribution in [1.29, 1.82) is 0 Å². The lowest BCUT2D eigenvalue weighted by Gasteiger charge is -2.20. The molecule has 150 valence electrons. The third kappa shape index (κ3) is 5.44. The third-order valence-corrected chi connectivity index (χ3v) is 6.38. The number of carbonyl (C=O) groups is 2. The van der Waals surface area contributed by atoms with E-state index in [1.165, 1.54) is 43.9 Å². The monoisotopic (exact) mass is 400 g/mol. The van der Waals surface area contributed by atoms with E-state index < -0.39 is 5.25 Å². The maximum absolute atomic E-state index is 12.4. The summed E-state index contributed by atoms with van der Waals surface area (Å²) in [6, 6.07) is 5.91. The van der Waals surface area contributed by atoms with E-state index >= 15 is 0 Å². The number of nitrogens with one attached hydrogen (secondary N) is 2. The molecule has 0 radical (unpaired) electrons. The molecule has 2 aliphatic rings. The molecule has 1 aliphatic carbocycles. The molecule has 1 heterocycles. The SMILES string of the molecule is CC(=NN=C1NC(=O)[C@@H](CC(=O)Nc2cc(C)ccc2C)S1)C1CCCCC1. The predicted molar refractivity (Wildman–Crippen MR) is 116 cm³/mol. The molecule has 3 rings (SSSR count). The summed E-state index contributed by atoms with van der Waals surface area (Å²) in [4.78, 5) is 24.6. The van der Waals surface area contributed by atoms with Crippen molar-refractivity contribution < 1.29 is 9.59 Å². The van der Waals surface area contributed by atoms with Gasteiger partial charge in [0.15, 0.2) is 5.17 Å². The number of benzene rings is 1. The molecule has 1 aromatic rings. The summed E-state index contributed by atoms with van der Waals surface area (Å²) in [6.45, 7) is 5.94. The fourth-order valence-electron chi connectivity index (χ4n) is 3.55. The molecule has 2 fully saturated rings. The number of aryl methyl sites for hydroxylation is 2. The van der Waals surface area contributed by atoms with E-state index in [4.69, 9.17) is 0 Å². The van der Waals surface area contributed by atoms with Gasteiger partial charge in [0.1, 0.15) is 5.25 Å². The van der Waals surface area contributed by atoms with E-state index in [0.29, 0.717) is 11.1 Å². The van der Waals surface area contributed by atoms with Crippen LogP contribution in [0.5, 0.6) is 0 Å². The highest BCUT2D eigenvalue weighted by atomic mass is 32.2. The van der Waals surface area contributed by atoms with E-state index in [2.05, 4.69) is 20.8 Å². The van der Waals surface area contributed by atoms with E-state index in [1.807, 2.05) is 39.0 Å². The molecule has 2 N–H and O–H groups in total. The van der Waals surface area contributed by atoms with Gasteiger partial charge in [-0.2, -0.15) is 5.10 Å². The molecular weight excluding hydrogens is 372 g/mol. The largest absolute Gasteiger partial charge is 0.326 e. The van der Waals surface area contributed by atoms with Crippen molar-refractivity contribution in [2.45, 2.75) is 64.5 Å². The average Bonchev–Trinajstić information content (AvgIpc) is 3.02. The van der Waals surface area contributed by atoms with Gasteiger partial charge in [0, 0.05) is 17.8 Å². The number of rotatable bonds is 5. The normalized spacial score (nSPS) is 22.4. The number of amides is 2. The molecule has 1 saturated carbocycles. The highest BCUT2D eigenvalue weighted by Crippen LogP contribution is 2.26. The van der Waals surface area contributed by atoms with Gasteiger partial charge in [0.25, 0.3) is 0 Å². The molecular formula is C21H28N4O2S. The quantitative estimate of drug-likeness (QED) is 0.575. The summed E-state index contributed by atoms with van der Waals surface area (Å²) in [5.41, 5.74) is 3.89. The van der Waals surface area contributed by atoms with Crippen LogP contribution >= 0.6 is 11.8 Å². The van der Waals surface area contributed by atoms with Crippen molar-refractivity contribution in [3.63, 3.8) is 0 Å². The Labute approximate surface area is 170 Å². The molecule has 0 unspecified atom stereocenters. The molecule has 1 aromatic carbocycles. The van der Waals surface area contributed by atoms with E-state index in [0.717, 1.165) is 22.5 Å². The lowest BCUT2D eigenvalue weighted by Crippen LogP contribution is -2.28. The molecule has 2 amide bonds. The predicted octanol–water partition coefficient (Wildman–Crippen LogP) is 4.18. The molecule has 0 spiro atoms. The van der Waals surface area contributed by atoms with Crippen LogP contribution in [0.1, 0.15) is 56.6 Å². The Hall–Kier alpha value is -2.15. The third-order valence-electron chi connectivity index (χ3n) is 5.31. The summed E-state index contributed by atoms with van der Waals surface area (Å²) < 4.78 is 0. The van der Waals surface area contributed by atoms with Crippen molar-refractivity contribution in [3.05, 3.63) is 29.3 Å². The van der Waals surface area contributed by atoms with Gasteiger partial charge in [-0.3, -0.25) is 9.59 Å². The Kier molecular flexibility index (Phi) is 6.88. The van der Waals surface area contributed by atoms with Crippen molar-refractivity contribution in [1.82, 2.24) is 5.32 Å². The van der Waals surface area contributed by atoms with Gasteiger partial charge >= 0.3 is 0 Å². The first-order valence-corrected chi connectivity index (χ1v) is 10.8. The second kappa shape index (κ2) is 9.37. The fraction of sp³-hybridized carbons (Fsp3) is 0.524. The van der Waals surface area contributed by atoms with Gasteiger partial charge in [-0.25, -0.2) is 0 Å². The lowest BCUT2D eigenvalue weighted by molar-refractivity contribution is -0.122. The van der Waals surface area contributed by atoms with Crippen molar-refractivity contribution in [3.8, 4) is 0 Å². The Morgan fingerprint density at radius 1 is 1.25 bits per heavy atom. The maximum Gasteiger partial charge on any atom is 0.240 e. The molecule has 6 nitrogen and oxygen atoms in total. The van der Waals surface area contributed by atoms with Gasteiger partial charge in [0.05, 0.1) is 0 Å². The van der Waals surface area contributed by atoms with Crippen LogP contribution in [0.15, 0.2) is 28.4 Å². The Morgan fingerprint density at radius 2 is 2.00 bits per heavy atom. The number of amidine groups is 1. The minimum absolute atomic E-state index is 0.105. The molecule has 1 saturated heterocycles. The van der Waals surface area contributed by atoms with Gasteiger partial charge in [-0.15, -0.1) is 5.10 Å². The summed E-state index contributed by atoms with van der Waals surface area (Å²) in [6.07, 6.45) is 6.24. The zero-order chi connectivity index (χ0) is 20.1. The number of nitrogens with zero attached hydrogens (tertiary/aromatic N) is 2. The van der Waals surface area contributed by atoms with E-state index in [1.54, 1.807) is 0 Å². The summed E-state index contributed by atoms with van der Waals surface area (Å²) in [5, 5.41) is 14.2. The second-order valence-corrected chi connectivity index (χ2v) is 8.84. The lowest BCUT2D eigenvalue weighted by atomic mass is 9.86. The van der Waals surface area contributed by atoms with Crippen LogP contribution in [0.3, 0.4) is 0 Å². The standard InChI is InChI=1S/C21H28N4O2S/c1-13-9-10-14(2)17(11-13)22-19(26)12-18-20(27)23-21(28-18)25-24-15(3)16-7-5-4-6-8-16/h9-11,16,18H,4-8,12H2,1-3H3,(H,22,26)(H,23,25,27)/t18-/m1/s1. The van der Waals surface area contributed by atoms with Crippen LogP contribution in [0, 0.1) is 19.8 Å². The minimum Gasteiger partial charge on any atom is -0.326 e. The smallest absolute Gasteiger partial charge is 0.240 e. The van der Waals surface area contributed by atoms with Gasteiger partial charge in [-0.1, -0.05) is 43.2 Å². The number of carbonyl (C=O) groups excluding carboxylic acids is 2. The second-order valence-electron chi connectivity index (χ2n) is 7.65. The van der Waals surface area contributed by atoms with Crippen LogP contribution in [0.25, 0.3) is 0 Å².